The number of nitrogens with one attached hydrogen (secondary N) is 1. The van der Waals surface area contributed by atoms with E-state index in [1.165, 1.54) is 91.3 Å². The van der Waals surface area contributed by atoms with Gasteiger partial charge in [-0.1, -0.05) is 45.2 Å². The molecular formula is C44H30BrClF15N19O2S2. The molecule has 0 amide bonds. The smallest absolute Gasteiger partial charge is 0.382 e. The minimum absolute atomic E-state index is 0.00725. The van der Waals surface area contributed by atoms with Crippen LogP contribution in [-0.2, 0) is 42.8 Å². The number of hydrogen-bond donors (Lipinski definition) is 2. The van der Waals surface area contributed by atoms with E-state index in [4.69, 9.17) is 18.7 Å². The maximum absolute atomic E-state index is 13.1. The van der Waals surface area contributed by atoms with Gasteiger partial charge in [-0.05, 0) is 42.5 Å². The molecule has 0 aliphatic rings. The van der Waals surface area contributed by atoms with E-state index in [1.54, 1.807) is 30.6 Å². The molecule has 10 heterocycles. The van der Waals surface area contributed by atoms with Crippen LogP contribution in [0, 0.1) is 0 Å². The maximum atomic E-state index is 13.1. The summed E-state index contributed by atoms with van der Waals surface area (Å²) < 4.78 is 200. The van der Waals surface area contributed by atoms with E-state index in [9.17, 15) is 65.9 Å². The molecule has 0 saturated carbocycles. The van der Waals surface area contributed by atoms with Crippen LogP contribution in [-0.4, -0.2) is 80.1 Å². The Balaban J connectivity index is 0.000000211. The lowest BCUT2D eigenvalue weighted by molar-refractivity contribution is -0.160. The van der Waals surface area contributed by atoms with Crippen LogP contribution in [0.2, 0.25) is 5.15 Å². The third-order valence-electron chi connectivity index (χ3n) is 8.73. The molecule has 0 bridgehead atoms. The number of aromatic nitrogens is 16. The molecule has 21 nitrogen and oxygen atoms in total. The van der Waals surface area contributed by atoms with Crippen LogP contribution >= 0.6 is 50.2 Å². The minimum Gasteiger partial charge on any atom is -0.382 e. The molecule has 0 spiro atoms. The van der Waals surface area contributed by atoms with Crippen molar-refractivity contribution in [3.05, 3.63) is 161 Å². The first-order valence-electron chi connectivity index (χ1n) is 22.6. The summed E-state index contributed by atoms with van der Waals surface area (Å²) in [5.41, 5.74) is 5.18. The first-order valence-corrected chi connectivity index (χ1v) is 24.7. The van der Waals surface area contributed by atoms with Gasteiger partial charge in [-0.2, -0.15) is 75.8 Å². The first-order chi connectivity index (χ1) is 40.1. The molecule has 0 fully saturated rings. The molecule has 0 saturated heterocycles. The van der Waals surface area contributed by atoms with Crippen molar-refractivity contribution in [3.63, 3.8) is 0 Å². The highest BCUT2D eigenvalue weighted by atomic mass is 79.9. The van der Waals surface area contributed by atoms with Gasteiger partial charge >= 0.3 is 42.7 Å². The number of hydrogen-bond acceptors (Lipinski definition) is 23. The van der Waals surface area contributed by atoms with Gasteiger partial charge in [0.2, 0.25) is 29.1 Å². The molecule has 0 aliphatic heterocycles. The summed E-state index contributed by atoms with van der Waals surface area (Å²) in [6.07, 6.45) is -7.34. The standard InChI is InChI=1S/C17H9F6N7OS.C9H6F3N5.C8H4BrF3N2OS.C5H2ClF3N2.C4H5N3.CH4/c18-16(19,20)14-26-4-3-11(27-14)30(12-7-24-5-6-25-12)8-9-1-2-10(32-9)13-28-15(31-29-13)17(21,22)23;10-9(11,12)8-15-2-1-6(17-8)16-7-5-13-3-4-14-7;9-3-4-1-2-5(16-4)6-13-7(15-14-6)8(10,11)12;6-3-1-2-10-4(11-3)5(7,8)9;5-4-3-6-1-2-7-4;/h1-7H,8H2;1-5H,(H,14,15,16,17);1-2H,3H2;1-2H;1-3H,(H2,5,7);1H4/i;;;;;1D. The summed E-state index contributed by atoms with van der Waals surface area (Å²) in [6, 6.07) is 10.2. The molecule has 0 aliphatic carbocycles. The summed E-state index contributed by atoms with van der Waals surface area (Å²) in [5.74, 6) is -5.98. The molecule has 3 N–H and O–H groups in total. The van der Waals surface area contributed by atoms with Crippen molar-refractivity contribution in [2.24, 2.45) is 0 Å². The Labute approximate surface area is 482 Å². The van der Waals surface area contributed by atoms with Gasteiger partial charge in [0.15, 0.2) is 5.82 Å². The van der Waals surface area contributed by atoms with Crippen LogP contribution in [0.4, 0.5) is 94.9 Å². The second-order valence-electron chi connectivity index (χ2n) is 14.7. The molecule has 444 valence electrons. The highest BCUT2D eigenvalue weighted by Crippen LogP contribution is 2.36. The Bertz CT molecular complexity index is 3610. The van der Waals surface area contributed by atoms with Crippen LogP contribution in [0.3, 0.4) is 0 Å². The number of anilines is 5. The zero-order valence-electron chi connectivity index (χ0n) is 42.1. The number of alkyl halides is 16. The molecule has 40 heteroatoms. The fraction of sp³-hybridized carbons (Fsp3) is 0.182. The van der Waals surface area contributed by atoms with Crippen LogP contribution < -0.4 is 16.0 Å². The van der Waals surface area contributed by atoms with Crippen molar-refractivity contribution >= 4 is 79.3 Å². The lowest BCUT2D eigenvalue weighted by Crippen LogP contribution is -2.21. The van der Waals surface area contributed by atoms with Gasteiger partial charge in [-0.15, -0.1) is 22.7 Å². The zero-order valence-corrected chi connectivity index (χ0v) is 45.1. The predicted octanol–water partition coefficient (Wildman–Crippen LogP) is 13.3. The van der Waals surface area contributed by atoms with E-state index < -0.39 is 60.1 Å². The molecular weight excluding hydrogens is 1290 g/mol. The van der Waals surface area contributed by atoms with E-state index in [2.05, 4.69) is 110 Å². The second-order valence-corrected chi connectivity index (χ2v) is 18.0. The normalized spacial score (nSPS) is 11.5. The van der Waals surface area contributed by atoms with Crippen molar-refractivity contribution < 1.29 is 76.3 Å². The Morgan fingerprint density at radius 2 is 1.00 bits per heavy atom. The number of nitrogens with zero attached hydrogens (tertiary/aromatic N) is 17. The Morgan fingerprint density at radius 3 is 1.43 bits per heavy atom. The quantitative estimate of drug-likeness (QED) is 0.0772. The summed E-state index contributed by atoms with van der Waals surface area (Å²) in [4.78, 5) is 52.6. The van der Waals surface area contributed by atoms with Crippen LogP contribution in [0.1, 0.15) is 47.8 Å². The fourth-order valence-corrected chi connectivity index (χ4v) is 7.75. The van der Waals surface area contributed by atoms with Crippen molar-refractivity contribution in [2.75, 3.05) is 16.0 Å². The van der Waals surface area contributed by atoms with Gasteiger partial charge in [0.1, 0.15) is 28.4 Å². The molecule has 10 aromatic rings. The predicted molar refractivity (Wildman–Crippen MR) is 270 cm³/mol. The molecule has 0 aromatic carbocycles. The molecule has 0 atom stereocenters. The first kappa shape index (κ1) is 64.4. The van der Waals surface area contributed by atoms with Crippen LogP contribution in [0.15, 0.2) is 126 Å². The largest absolute Gasteiger partial charge is 0.471 e. The fourth-order valence-electron chi connectivity index (χ4n) is 5.38. The number of nitrogens with two attached hydrogens (primary N) is 1. The minimum atomic E-state index is -4.78. The highest BCUT2D eigenvalue weighted by molar-refractivity contribution is 9.08. The van der Waals surface area contributed by atoms with Crippen molar-refractivity contribution in [2.45, 2.75) is 50.2 Å². The molecule has 10 rings (SSSR count). The zero-order chi connectivity index (χ0) is 62.6. The van der Waals surface area contributed by atoms with E-state index in [1.807, 2.05) is 0 Å². The van der Waals surface area contributed by atoms with Crippen LogP contribution in [0.25, 0.3) is 21.4 Å². The lowest BCUT2D eigenvalue weighted by atomic mass is 10.3. The second kappa shape index (κ2) is 29.0. The average Bonchev–Trinajstić information content (AvgIpc) is 4.54. The highest BCUT2D eigenvalue weighted by Gasteiger charge is 2.40. The van der Waals surface area contributed by atoms with Crippen LogP contribution in [0.5, 0.6) is 0 Å². The Hall–Kier alpha value is -8.72. The van der Waals surface area contributed by atoms with E-state index in [0.29, 0.717) is 26.7 Å². The number of rotatable bonds is 9. The van der Waals surface area contributed by atoms with E-state index in [0.717, 1.165) is 34.8 Å². The van der Waals surface area contributed by atoms with E-state index in [-0.39, 0.29) is 45.7 Å². The van der Waals surface area contributed by atoms with Gasteiger partial charge in [-0.3, -0.25) is 15.0 Å². The molecule has 84 heavy (non-hydrogen) atoms. The Kier molecular flexibility index (Phi) is 22.2. The number of nitrogen functional groups attached to an aromatic ring is 1. The SMILES string of the molecule is FC(F)(F)c1nc(-c2ccc(CBr)s2)no1.FC(F)(F)c1nccc(Cl)n1.FC(F)(F)c1nccc(N(Cc2ccc(-c3noc(C(F)(F)F)n3)s2)c2cnccn2)n1.FC(F)(F)c1nccc(Nc2cnccn2)n1.Nc1cnccn1.[2H]C. The topological polar surface area (TPSA) is 274 Å². The van der Waals surface area contributed by atoms with Gasteiger partial charge in [0.25, 0.3) is 0 Å². The summed E-state index contributed by atoms with van der Waals surface area (Å²) >= 11 is 10.8. The summed E-state index contributed by atoms with van der Waals surface area (Å²) in [7, 11) is 1.25. The maximum Gasteiger partial charge on any atom is 0.471 e. The van der Waals surface area contributed by atoms with Gasteiger partial charge in [0.05, 0.1) is 34.9 Å². The molecule has 10 aromatic heterocycles. The van der Waals surface area contributed by atoms with Gasteiger partial charge in [0, 0.05) is 72.2 Å². The molecule has 0 unspecified atom stereocenters. The van der Waals surface area contributed by atoms with Gasteiger partial charge < -0.3 is 25.0 Å². The lowest BCUT2D eigenvalue weighted by Gasteiger charge is -2.22. The summed E-state index contributed by atoms with van der Waals surface area (Å²) in [6.45, 7) is -0.0123. The van der Waals surface area contributed by atoms with Crippen molar-refractivity contribution in [1.29, 1.82) is 0 Å². The third kappa shape index (κ3) is 20.3. The Morgan fingerprint density at radius 1 is 0.512 bits per heavy atom. The monoisotopic (exact) mass is 1320 g/mol. The molecule has 0 radical (unpaired) electrons. The van der Waals surface area contributed by atoms with E-state index >= 15 is 0 Å². The average molecular weight is 1320 g/mol. The van der Waals surface area contributed by atoms with Crippen molar-refractivity contribution in [1.82, 2.24) is 80.1 Å². The van der Waals surface area contributed by atoms with Gasteiger partial charge in [-0.25, -0.2) is 44.9 Å². The number of thiophene rings is 2. The summed E-state index contributed by atoms with van der Waals surface area (Å²) in [5, 5.41) is 9.63. The third-order valence-corrected chi connectivity index (χ3v) is 12.1. The van der Waals surface area contributed by atoms with Crippen molar-refractivity contribution in [3.8, 4) is 21.4 Å². The number of halogens is 17.